The number of carbonyl (C=O) groups is 1. The van der Waals surface area contributed by atoms with Gasteiger partial charge in [0, 0.05) is 11.0 Å². The summed E-state index contributed by atoms with van der Waals surface area (Å²) in [6, 6.07) is 15.3. The molecule has 26 heavy (non-hydrogen) atoms. The van der Waals surface area contributed by atoms with Gasteiger partial charge in [0.15, 0.2) is 5.69 Å². The Bertz CT molecular complexity index is 889. The number of aromatic nitrogens is 3. The van der Waals surface area contributed by atoms with Crippen molar-refractivity contribution in [2.24, 2.45) is 0 Å². The monoisotopic (exact) mass is 414 g/mol. The molecule has 1 amide bonds. The SMILES string of the molecule is CCOc1ccc(CNC(=O)c2nnn(-c3ccc(Br)cc3)c2C)cc1. The van der Waals surface area contributed by atoms with E-state index in [-0.39, 0.29) is 5.91 Å². The zero-order valence-electron chi connectivity index (χ0n) is 14.6. The van der Waals surface area contributed by atoms with E-state index in [1.54, 1.807) is 4.68 Å². The van der Waals surface area contributed by atoms with Crippen molar-refractivity contribution >= 4 is 21.8 Å². The number of carbonyl (C=O) groups excluding carboxylic acids is 1. The normalized spacial score (nSPS) is 10.6. The first-order valence-corrected chi connectivity index (χ1v) is 9.06. The minimum atomic E-state index is -0.250. The molecule has 1 N–H and O–H groups in total. The van der Waals surface area contributed by atoms with Crippen LogP contribution < -0.4 is 10.1 Å². The summed E-state index contributed by atoms with van der Waals surface area (Å²) in [7, 11) is 0. The summed E-state index contributed by atoms with van der Waals surface area (Å²) >= 11 is 3.40. The maximum absolute atomic E-state index is 12.4. The summed E-state index contributed by atoms with van der Waals surface area (Å²) in [4.78, 5) is 12.4. The van der Waals surface area contributed by atoms with E-state index in [0.29, 0.717) is 24.5 Å². The van der Waals surface area contributed by atoms with Crippen LogP contribution >= 0.6 is 15.9 Å². The molecule has 3 rings (SSSR count). The van der Waals surface area contributed by atoms with Gasteiger partial charge in [-0.25, -0.2) is 4.68 Å². The molecule has 0 aliphatic heterocycles. The predicted octanol–water partition coefficient (Wildman–Crippen LogP) is 3.67. The third-order valence-corrected chi connectivity index (χ3v) is 4.40. The molecule has 0 unspecified atom stereocenters. The van der Waals surface area contributed by atoms with Gasteiger partial charge in [-0.3, -0.25) is 4.79 Å². The Morgan fingerprint density at radius 1 is 1.15 bits per heavy atom. The Hall–Kier alpha value is -2.67. The summed E-state index contributed by atoms with van der Waals surface area (Å²) < 4.78 is 8.04. The zero-order valence-corrected chi connectivity index (χ0v) is 16.2. The van der Waals surface area contributed by atoms with Crippen LogP contribution in [0.1, 0.15) is 28.7 Å². The third kappa shape index (κ3) is 4.11. The topological polar surface area (TPSA) is 69.0 Å². The molecule has 0 saturated carbocycles. The van der Waals surface area contributed by atoms with Crippen molar-refractivity contribution in [2.75, 3.05) is 6.61 Å². The number of hydrogen-bond donors (Lipinski definition) is 1. The lowest BCUT2D eigenvalue weighted by molar-refractivity contribution is 0.0945. The number of ether oxygens (including phenoxy) is 1. The van der Waals surface area contributed by atoms with Crippen LogP contribution in [0.15, 0.2) is 53.0 Å². The fraction of sp³-hybridized carbons (Fsp3) is 0.211. The molecule has 0 fully saturated rings. The van der Waals surface area contributed by atoms with Crippen LogP contribution in [0.25, 0.3) is 5.69 Å². The number of hydrogen-bond acceptors (Lipinski definition) is 4. The standard InChI is InChI=1S/C19H19BrN4O2/c1-3-26-17-10-4-14(5-11-17)12-21-19(25)18-13(2)24(23-22-18)16-8-6-15(20)7-9-16/h4-11H,3,12H2,1-2H3,(H,21,25). The highest BCUT2D eigenvalue weighted by atomic mass is 79.9. The second kappa shape index (κ2) is 8.14. The third-order valence-electron chi connectivity index (χ3n) is 3.87. The largest absolute Gasteiger partial charge is 0.494 e. The molecule has 2 aromatic carbocycles. The number of halogens is 1. The zero-order chi connectivity index (χ0) is 18.5. The van der Waals surface area contributed by atoms with Gasteiger partial charge in [-0.1, -0.05) is 33.3 Å². The van der Waals surface area contributed by atoms with Gasteiger partial charge in [0.25, 0.3) is 5.91 Å². The minimum absolute atomic E-state index is 0.250. The Kier molecular flexibility index (Phi) is 5.68. The second-order valence-electron chi connectivity index (χ2n) is 5.67. The van der Waals surface area contributed by atoms with E-state index in [1.807, 2.05) is 62.4 Å². The predicted molar refractivity (Wildman–Crippen MR) is 103 cm³/mol. The maximum atomic E-state index is 12.4. The summed E-state index contributed by atoms with van der Waals surface area (Å²) in [6.07, 6.45) is 0. The van der Waals surface area contributed by atoms with Gasteiger partial charge < -0.3 is 10.1 Å². The van der Waals surface area contributed by atoms with E-state index in [4.69, 9.17) is 4.74 Å². The molecule has 1 aromatic heterocycles. The first-order valence-electron chi connectivity index (χ1n) is 8.26. The Morgan fingerprint density at radius 2 is 1.85 bits per heavy atom. The molecule has 0 bridgehead atoms. The lowest BCUT2D eigenvalue weighted by Gasteiger charge is -2.07. The molecule has 6 nitrogen and oxygen atoms in total. The van der Waals surface area contributed by atoms with Crippen LogP contribution in [0.2, 0.25) is 0 Å². The van der Waals surface area contributed by atoms with Crippen molar-refractivity contribution in [1.29, 1.82) is 0 Å². The average Bonchev–Trinajstić information content (AvgIpc) is 3.03. The molecule has 0 radical (unpaired) electrons. The van der Waals surface area contributed by atoms with Crippen molar-refractivity contribution in [3.8, 4) is 11.4 Å². The lowest BCUT2D eigenvalue weighted by atomic mass is 10.2. The molecule has 1 heterocycles. The molecule has 0 aliphatic rings. The van der Waals surface area contributed by atoms with Crippen LogP contribution in [0.4, 0.5) is 0 Å². The highest BCUT2D eigenvalue weighted by Gasteiger charge is 2.17. The van der Waals surface area contributed by atoms with Crippen molar-refractivity contribution in [1.82, 2.24) is 20.3 Å². The summed E-state index contributed by atoms with van der Waals surface area (Å²) in [5.41, 5.74) is 2.85. The highest BCUT2D eigenvalue weighted by Crippen LogP contribution is 2.16. The fourth-order valence-corrected chi connectivity index (χ4v) is 2.77. The first kappa shape index (κ1) is 18.1. The van der Waals surface area contributed by atoms with Gasteiger partial charge >= 0.3 is 0 Å². The molecule has 0 spiro atoms. The lowest BCUT2D eigenvalue weighted by Crippen LogP contribution is -2.24. The van der Waals surface area contributed by atoms with Gasteiger partial charge in [-0.15, -0.1) is 5.10 Å². The number of benzene rings is 2. The van der Waals surface area contributed by atoms with Crippen molar-refractivity contribution < 1.29 is 9.53 Å². The Balaban J connectivity index is 1.67. The first-order chi connectivity index (χ1) is 12.6. The molecular formula is C19H19BrN4O2. The fourth-order valence-electron chi connectivity index (χ4n) is 2.50. The van der Waals surface area contributed by atoms with Gasteiger partial charge in [-0.2, -0.15) is 0 Å². The molecular weight excluding hydrogens is 396 g/mol. The number of rotatable bonds is 6. The maximum Gasteiger partial charge on any atom is 0.274 e. The van der Waals surface area contributed by atoms with E-state index >= 15 is 0 Å². The van der Waals surface area contributed by atoms with Gasteiger partial charge in [0.05, 0.1) is 18.0 Å². The number of nitrogens with zero attached hydrogens (tertiary/aromatic N) is 3. The van der Waals surface area contributed by atoms with Crippen molar-refractivity contribution in [3.05, 3.63) is 70.0 Å². The van der Waals surface area contributed by atoms with E-state index in [0.717, 1.165) is 21.5 Å². The van der Waals surface area contributed by atoms with Gasteiger partial charge in [0.2, 0.25) is 0 Å². The number of nitrogens with one attached hydrogen (secondary N) is 1. The van der Waals surface area contributed by atoms with Crippen molar-refractivity contribution in [2.45, 2.75) is 20.4 Å². The van der Waals surface area contributed by atoms with E-state index in [2.05, 4.69) is 31.6 Å². The van der Waals surface area contributed by atoms with Crippen LogP contribution in [-0.2, 0) is 6.54 Å². The molecule has 0 atom stereocenters. The van der Waals surface area contributed by atoms with Crippen LogP contribution in [0.5, 0.6) is 5.75 Å². The minimum Gasteiger partial charge on any atom is -0.494 e. The molecule has 7 heteroatoms. The molecule has 0 saturated heterocycles. The van der Waals surface area contributed by atoms with E-state index < -0.39 is 0 Å². The summed E-state index contributed by atoms with van der Waals surface area (Å²) in [5.74, 6) is 0.565. The van der Waals surface area contributed by atoms with Gasteiger partial charge in [0.1, 0.15) is 5.75 Å². The van der Waals surface area contributed by atoms with E-state index in [1.165, 1.54) is 0 Å². The van der Waals surface area contributed by atoms with Crippen LogP contribution in [0, 0.1) is 6.92 Å². The summed E-state index contributed by atoms with van der Waals surface area (Å²) in [6.45, 7) is 4.81. The van der Waals surface area contributed by atoms with Crippen molar-refractivity contribution in [3.63, 3.8) is 0 Å². The van der Waals surface area contributed by atoms with Gasteiger partial charge in [-0.05, 0) is 55.8 Å². The van der Waals surface area contributed by atoms with Crippen LogP contribution in [0.3, 0.4) is 0 Å². The van der Waals surface area contributed by atoms with Crippen LogP contribution in [-0.4, -0.2) is 27.5 Å². The van der Waals surface area contributed by atoms with E-state index in [9.17, 15) is 4.79 Å². The average molecular weight is 415 g/mol. The smallest absolute Gasteiger partial charge is 0.274 e. The molecule has 3 aromatic rings. The second-order valence-corrected chi connectivity index (χ2v) is 6.59. The quantitative estimate of drug-likeness (QED) is 0.667. The molecule has 134 valence electrons. The Morgan fingerprint density at radius 3 is 2.50 bits per heavy atom. The Labute approximate surface area is 160 Å². The molecule has 0 aliphatic carbocycles. The number of amides is 1. The summed E-state index contributed by atoms with van der Waals surface area (Å²) in [5, 5.41) is 11.0. The highest BCUT2D eigenvalue weighted by molar-refractivity contribution is 9.10.